The third-order valence-corrected chi connectivity index (χ3v) is 3.93. The molecule has 0 saturated carbocycles. The quantitative estimate of drug-likeness (QED) is 0.502. The number of imide groups is 1. The first kappa shape index (κ1) is 15.1. The molecule has 0 aliphatic carbocycles. The van der Waals surface area contributed by atoms with Crippen LogP contribution in [0.2, 0.25) is 0 Å². The van der Waals surface area contributed by atoms with Gasteiger partial charge in [-0.25, -0.2) is 4.39 Å². The Morgan fingerprint density at radius 3 is 2.48 bits per heavy atom. The SMILES string of the molecule is O=C1c2ccc([N+](=O)[O-])cc2C(=O)N1Nc1cc(F)ccc1Br. The number of rotatable bonds is 3. The normalized spacial score (nSPS) is 13.2. The van der Waals surface area contributed by atoms with Crippen LogP contribution in [0.15, 0.2) is 40.9 Å². The van der Waals surface area contributed by atoms with Crippen molar-refractivity contribution in [2.45, 2.75) is 0 Å². The molecule has 23 heavy (non-hydrogen) atoms. The zero-order chi connectivity index (χ0) is 16.7. The first-order valence-corrected chi connectivity index (χ1v) is 7.06. The summed E-state index contributed by atoms with van der Waals surface area (Å²) < 4.78 is 13.7. The molecule has 0 saturated heterocycles. The van der Waals surface area contributed by atoms with Gasteiger partial charge in [0, 0.05) is 16.6 Å². The van der Waals surface area contributed by atoms with Gasteiger partial charge in [0.1, 0.15) is 5.82 Å². The van der Waals surface area contributed by atoms with E-state index in [1.54, 1.807) is 0 Å². The number of nitrogens with zero attached hydrogens (tertiary/aromatic N) is 2. The molecule has 1 aliphatic rings. The molecule has 2 aromatic carbocycles. The molecule has 2 amide bonds. The number of nitro benzene ring substituents is 1. The van der Waals surface area contributed by atoms with Crippen molar-refractivity contribution in [3.05, 3.63) is 67.9 Å². The number of carbonyl (C=O) groups is 2. The Morgan fingerprint density at radius 1 is 1.09 bits per heavy atom. The highest BCUT2D eigenvalue weighted by Gasteiger charge is 2.37. The van der Waals surface area contributed by atoms with Gasteiger partial charge in [-0.1, -0.05) is 0 Å². The van der Waals surface area contributed by atoms with Crippen LogP contribution >= 0.6 is 15.9 Å². The minimum atomic E-state index is -0.745. The summed E-state index contributed by atoms with van der Waals surface area (Å²) in [6.45, 7) is 0. The highest BCUT2D eigenvalue weighted by atomic mass is 79.9. The van der Waals surface area contributed by atoms with E-state index < -0.39 is 22.6 Å². The monoisotopic (exact) mass is 379 g/mol. The number of fused-ring (bicyclic) bond motifs is 1. The lowest BCUT2D eigenvalue weighted by Crippen LogP contribution is -2.35. The van der Waals surface area contributed by atoms with Crippen molar-refractivity contribution < 1.29 is 18.9 Å². The Kier molecular flexibility index (Phi) is 3.57. The molecule has 0 atom stereocenters. The first-order valence-electron chi connectivity index (χ1n) is 6.27. The molecule has 2 aromatic rings. The van der Waals surface area contributed by atoms with E-state index in [0.29, 0.717) is 9.48 Å². The Morgan fingerprint density at radius 2 is 1.78 bits per heavy atom. The van der Waals surface area contributed by atoms with E-state index in [4.69, 9.17) is 0 Å². The van der Waals surface area contributed by atoms with Gasteiger partial charge in [0.25, 0.3) is 17.5 Å². The second kappa shape index (κ2) is 5.43. The molecular formula is C14H7BrFN3O4. The lowest BCUT2D eigenvalue weighted by atomic mass is 10.1. The van der Waals surface area contributed by atoms with Crippen LogP contribution < -0.4 is 5.43 Å². The average molecular weight is 380 g/mol. The number of anilines is 1. The molecule has 0 fully saturated rings. The Balaban J connectivity index is 1.97. The number of halogens is 2. The Hall–Kier alpha value is -2.81. The average Bonchev–Trinajstić information content (AvgIpc) is 2.75. The predicted molar refractivity (Wildman–Crippen MR) is 81.3 cm³/mol. The van der Waals surface area contributed by atoms with Crippen LogP contribution in [-0.2, 0) is 0 Å². The maximum atomic E-state index is 13.3. The number of nitrogens with one attached hydrogen (secondary N) is 1. The maximum absolute atomic E-state index is 13.3. The van der Waals surface area contributed by atoms with Gasteiger partial charge in [0.05, 0.1) is 21.7 Å². The van der Waals surface area contributed by atoms with E-state index in [1.807, 2.05) is 0 Å². The lowest BCUT2D eigenvalue weighted by molar-refractivity contribution is -0.384. The van der Waals surface area contributed by atoms with Crippen molar-refractivity contribution in [3.63, 3.8) is 0 Å². The van der Waals surface area contributed by atoms with Crippen molar-refractivity contribution in [3.8, 4) is 0 Å². The standard InChI is InChI=1S/C14H7BrFN3O4/c15-11-4-1-7(16)5-12(11)17-18-13(20)9-3-2-8(19(22)23)6-10(9)14(18)21/h1-6,17H. The maximum Gasteiger partial charge on any atom is 0.280 e. The molecule has 0 aromatic heterocycles. The van der Waals surface area contributed by atoms with E-state index in [0.717, 1.165) is 18.2 Å². The first-order chi connectivity index (χ1) is 10.9. The molecular weight excluding hydrogens is 373 g/mol. The van der Waals surface area contributed by atoms with Gasteiger partial charge in [-0.2, -0.15) is 5.01 Å². The molecule has 116 valence electrons. The number of hydrogen-bond donors (Lipinski definition) is 1. The summed E-state index contributed by atoms with van der Waals surface area (Å²) in [5, 5.41) is 11.5. The largest absolute Gasteiger partial charge is 0.287 e. The van der Waals surface area contributed by atoms with Crippen molar-refractivity contribution in [2.24, 2.45) is 0 Å². The van der Waals surface area contributed by atoms with Gasteiger partial charge >= 0.3 is 0 Å². The third kappa shape index (κ3) is 2.55. The van der Waals surface area contributed by atoms with Gasteiger partial charge in [0.15, 0.2) is 0 Å². The predicted octanol–water partition coefficient (Wildman–Crippen LogP) is 3.12. The molecule has 0 radical (unpaired) electrons. The van der Waals surface area contributed by atoms with Gasteiger partial charge in [-0.05, 0) is 40.2 Å². The van der Waals surface area contributed by atoms with Crippen molar-refractivity contribution in [1.82, 2.24) is 5.01 Å². The summed E-state index contributed by atoms with van der Waals surface area (Å²) in [5.74, 6) is -1.97. The van der Waals surface area contributed by atoms with Crippen LogP contribution in [0, 0.1) is 15.9 Å². The van der Waals surface area contributed by atoms with Crippen LogP contribution in [0.3, 0.4) is 0 Å². The molecule has 1 heterocycles. The number of carbonyl (C=O) groups excluding carboxylic acids is 2. The Labute approximate surface area is 137 Å². The van der Waals surface area contributed by atoms with Gasteiger partial charge in [0.2, 0.25) is 0 Å². The number of hydrazine groups is 1. The molecule has 1 aliphatic heterocycles. The molecule has 1 N–H and O–H groups in total. The van der Waals surface area contributed by atoms with E-state index >= 15 is 0 Å². The fraction of sp³-hybridized carbons (Fsp3) is 0. The number of amides is 2. The summed E-state index contributed by atoms with van der Waals surface area (Å²) in [6, 6.07) is 7.14. The molecule has 7 nitrogen and oxygen atoms in total. The summed E-state index contributed by atoms with van der Waals surface area (Å²) in [4.78, 5) is 34.7. The van der Waals surface area contributed by atoms with E-state index in [1.165, 1.54) is 18.2 Å². The zero-order valence-electron chi connectivity index (χ0n) is 11.2. The van der Waals surface area contributed by atoms with Crippen LogP contribution in [0.4, 0.5) is 15.8 Å². The molecule has 0 unspecified atom stereocenters. The summed E-state index contributed by atoms with van der Waals surface area (Å²) in [7, 11) is 0. The van der Waals surface area contributed by atoms with Crippen LogP contribution in [0.25, 0.3) is 0 Å². The second-order valence-electron chi connectivity index (χ2n) is 4.67. The zero-order valence-corrected chi connectivity index (χ0v) is 12.8. The van der Waals surface area contributed by atoms with E-state index in [9.17, 15) is 24.1 Å². The van der Waals surface area contributed by atoms with Gasteiger partial charge < -0.3 is 0 Å². The third-order valence-electron chi connectivity index (χ3n) is 3.24. The number of hydrogen-bond acceptors (Lipinski definition) is 5. The van der Waals surface area contributed by atoms with Crippen molar-refractivity contribution >= 4 is 39.1 Å². The van der Waals surface area contributed by atoms with Crippen LogP contribution in [-0.4, -0.2) is 21.7 Å². The van der Waals surface area contributed by atoms with Crippen LogP contribution in [0.5, 0.6) is 0 Å². The minimum Gasteiger partial charge on any atom is -0.287 e. The summed E-state index contributed by atoms with van der Waals surface area (Å²) >= 11 is 3.18. The molecule has 9 heteroatoms. The van der Waals surface area contributed by atoms with Gasteiger partial charge in [-0.3, -0.25) is 25.1 Å². The van der Waals surface area contributed by atoms with Crippen LogP contribution in [0.1, 0.15) is 20.7 Å². The topological polar surface area (TPSA) is 92.5 Å². The molecule has 0 bridgehead atoms. The minimum absolute atomic E-state index is 0.0422. The lowest BCUT2D eigenvalue weighted by Gasteiger charge is -2.17. The number of non-ortho nitro benzene ring substituents is 1. The second-order valence-corrected chi connectivity index (χ2v) is 5.52. The van der Waals surface area contributed by atoms with E-state index in [2.05, 4.69) is 21.4 Å². The number of nitro groups is 1. The van der Waals surface area contributed by atoms with Crippen molar-refractivity contribution in [1.29, 1.82) is 0 Å². The van der Waals surface area contributed by atoms with Crippen molar-refractivity contribution in [2.75, 3.05) is 5.43 Å². The van der Waals surface area contributed by atoms with E-state index in [-0.39, 0.29) is 22.5 Å². The Bertz CT molecular complexity index is 871. The fourth-order valence-corrected chi connectivity index (χ4v) is 2.48. The highest BCUT2D eigenvalue weighted by Crippen LogP contribution is 2.29. The molecule has 3 rings (SSSR count). The molecule has 0 spiro atoms. The summed E-state index contributed by atoms with van der Waals surface area (Å²) in [5.41, 5.74) is 2.37. The summed E-state index contributed by atoms with van der Waals surface area (Å²) in [6.07, 6.45) is 0. The highest BCUT2D eigenvalue weighted by molar-refractivity contribution is 9.10. The smallest absolute Gasteiger partial charge is 0.280 e. The fourth-order valence-electron chi connectivity index (χ4n) is 2.15. The van der Waals surface area contributed by atoms with Gasteiger partial charge in [-0.15, -0.1) is 0 Å². The number of benzene rings is 2.